The van der Waals surface area contributed by atoms with Gasteiger partial charge in [-0.05, 0) is 17.7 Å². The van der Waals surface area contributed by atoms with E-state index in [2.05, 4.69) is 25.6 Å². The summed E-state index contributed by atoms with van der Waals surface area (Å²) >= 11 is 0. The topological polar surface area (TPSA) is 160 Å². The number of anilines is 2. The first-order valence-electron chi connectivity index (χ1n) is 8.98. The molecule has 4 rings (SSSR count). The zero-order valence-electron chi connectivity index (χ0n) is 15.6. The first kappa shape index (κ1) is 19.1. The number of carbonyl (C=O) groups is 1. The first-order valence-corrected chi connectivity index (χ1v) is 8.98. The van der Waals surface area contributed by atoms with E-state index in [9.17, 15) is 15.0 Å². The maximum atomic E-state index is 11.9. The third kappa shape index (κ3) is 3.46. The number of ether oxygens (including phenoxy) is 1. The minimum atomic E-state index is -1.37. The van der Waals surface area contributed by atoms with Crippen LogP contribution in [-0.2, 0) is 16.1 Å². The molecule has 0 aliphatic carbocycles. The Morgan fingerprint density at radius 3 is 2.69 bits per heavy atom. The third-order valence-electron chi connectivity index (χ3n) is 4.82. The fourth-order valence-electron chi connectivity index (χ4n) is 3.24. The highest BCUT2D eigenvalue weighted by molar-refractivity contribution is 5.83. The number of imidazole rings is 1. The second-order valence-electron chi connectivity index (χ2n) is 6.68. The number of nitrogens with zero attached hydrogens (tertiary/aromatic N) is 4. The largest absolute Gasteiger partial charge is 0.399 e. The van der Waals surface area contributed by atoms with Crippen molar-refractivity contribution in [2.24, 2.45) is 0 Å². The van der Waals surface area contributed by atoms with Crippen molar-refractivity contribution < 1.29 is 19.7 Å². The van der Waals surface area contributed by atoms with E-state index in [1.807, 2.05) is 24.3 Å². The van der Waals surface area contributed by atoms with E-state index in [0.29, 0.717) is 29.2 Å². The summed E-state index contributed by atoms with van der Waals surface area (Å²) in [6.45, 7) is 0.499. The molecule has 11 heteroatoms. The molecule has 11 nitrogen and oxygen atoms in total. The Hall–Kier alpha value is -3.28. The minimum absolute atomic E-state index is 0.397. The van der Waals surface area contributed by atoms with E-state index in [0.717, 1.165) is 5.56 Å². The van der Waals surface area contributed by atoms with Crippen LogP contribution >= 0.6 is 0 Å². The molecule has 1 fully saturated rings. The molecular weight excluding hydrogens is 378 g/mol. The zero-order valence-corrected chi connectivity index (χ0v) is 15.6. The summed E-state index contributed by atoms with van der Waals surface area (Å²) < 4.78 is 7.06. The summed E-state index contributed by atoms with van der Waals surface area (Å²) in [6, 6.07) is 7.44. The molecule has 0 bridgehead atoms. The van der Waals surface area contributed by atoms with Gasteiger partial charge in [-0.25, -0.2) is 15.0 Å². The maximum Gasteiger partial charge on any atom is 0.251 e. The molecule has 0 radical (unpaired) electrons. The Bertz CT molecular complexity index is 1020. The van der Waals surface area contributed by atoms with Crippen LogP contribution in [0, 0.1) is 0 Å². The molecule has 1 saturated heterocycles. The second kappa shape index (κ2) is 7.62. The van der Waals surface area contributed by atoms with Crippen LogP contribution in [0.25, 0.3) is 11.2 Å². The number of fused-ring (bicyclic) bond motifs is 1. The van der Waals surface area contributed by atoms with E-state index in [4.69, 9.17) is 10.5 Å². The lowest BCUT2D eigenvalue weighted by Crippen LogP contribution is -2.41. The SMILES string of the molecule is CNC(=O)[C@H]1O[C@@H](n2cnc3c(NCc4ccc(N)cc4)ncnc32)C(O)[C@H]1O. The standard InChI is InChI=1S/C18H21N7O4/c1-20-17(28)14-12(26)13(27)18(29-14)25-8-24-11-15(22-7-23-16(11)25)21-6-9-2-4-10(19)5-3-9/h2-5,7-8,12-14,18,26-27H,6,19H2,1H3,(H,20,28)(H,21,22,23)/t12-,13?,14+,18-/m1/s1. The van der Waals surface area contributed by atoms with Crippen LogP contribution in [0.1, 0.15) is 11.8 Å². The van der Waals surface area contributed by atoms with Crippen LogP contribution in [-0.4, -0.2) is 61.0 Å². The number of hydrogen-bond acceptors (Lipinski definition) is 9. The van der Waals surface area contributed by atoms with Crippen molar-refractivity contribution in [3.8, 4) is 0 Å². The molecule has 3 heterocycles. The molecule has 1 aromatic carbocycles. The average Bonchev–Trinajstić information content (AvgIpc) is 3.29. The van der Waals surface area contributed by atoms with Crippen LogP contribution < -0.4 is 16.4 Å². The van der Waals surface area contributed by atoms with Gasteiger partial charge in [0.1, 0.15) is 18.5 Å². The smallest absolute Gasteiger partial charge is 0.251 e. The van der Waals surface area contributed by atoms with Gasteiger partial charge in [-0.15, -0.1) is 0 Å². The van der Waals surface area contributed by atoms with Gasteiger partial charge in [-0.3, -0.25) is 9.36 Å². The van der Waals surface area contributed by atoms with Crippen molar-refractivity contribution in [2.45, 2.75) is 31.1 Å². The molecular formula is C18H21N7O4. The third-order valence-corrected chi connectivity index (χ3v) is 4.82. The van der Waals surface area contributed by atoms with Crippen LogP contribution in [0.15, 0.2) is 36.9 Å². The number of carbonyl (C=O) groups excluding carboxylic acids is 1. The summed E-state index contributed by atoms with van der Waals surface area (Å²) in [5.74, 6) is -0.0228. The van der Waals surface area contributed by atoms with E-state index in [1.54, 1.807) is 0 Å². The van der Waals surface area contributed by atoms with Gasteiger partial charge in [-0.1, -0.05) is 12.1 Å². The summed E-state index contributed by atoms with van der Waals surface area (Å²) in [5.41, 5.74) is 8.26. The van der Waals surface area contributed by atoms with E-state index >= 15 is 0 Å². The monoisotopic (exact) mass is 399 g/mol. The highest BCUT2D eigenvalue weighted by atomic mass is 16.6. The summed E-state index contributed by atoms with van der Waals surface area (Å²) in [5, 5.41) is 26.1. The lowest BCUT2D eigenvalue weighted by atomic mass is 10.1. The number of benzene rings is 1. The predicted octanol–water partition coefficient (Wildman–Crippen LogP) is -0.614. The van der Waals surface area contributed by atoms with Gasteiger partial charge >= 0.3 is 0 Å². The Balaban J connectivity index is 1.59. The molecule has 3 aromatic rings. The van der Waals surface area contributed by atoms with Crippen molar-refractivity contribution in [2.75, 3.05) is 18.1 Å². The molecule has 1 aliphatic rings. The van der Waals surface area contributed by atoms with Crippen molar-refractivity contribution >= 4 is 28.6 Å². The summed E-state index contributed by atoms with van der Waals surface area (Å²) in [7, 11) is 1.43. The molecule has 1 unspecified atom stereocenters. The molecule has 6 N–H and O–H groups in total. The molecule has 29 heavy (non-hydrogen) atoms. The number of likely N-dealkylation sites (N-methyl/N-ethyl adjacent to an activating group) is 1. The number of nitrogens with one attached hydrogen (secondary N) is 2. The minimum Gasteiger partial charge on any atom is -0.399 e. The van der Waals surface area contributed by atoms with Crippen molar-refractivity contribution in [1.29, 1.82) is 0 Å². The Morgan fingerprint density at radius 1 is 1.21 bits per heavy atom. The fourth-order valence-corrected chi connectivity index (χ4v) is 3.24. The first-order chi connectivity index (χ1) is 14.0. The van der Waals surface area contributed by atoms with Gasteiger partial charge in [-0.2, -0.15) is 0 Å². The number of aliphatic hydroxyl groups excluding tert-OH is 2. The van der Waals surface area contributed by atoms with Crippen LogP contribution in [0.4, 0.5) is 11.5 Å². The molecule has 0 spiro atoms. The van der Waals surface area contributed by atoms with Gasteiger partial charge in [0.25, 0.3) is 5.91 Å². The van der Waals surface area contributed by atoms with E-state index < -0.39 is 30.4 Å². The number of aromatic nitrogens is 4. The van der Waals surface area contributed by atoms with Gasteiger partial charge in [0.15, 0.2) is 29.3 Å². The Kier molecular flexibility index (Phi) is 5.01. The van der Waals surface area contributed by atoms with Crippen LogP contribution in [0.2, 0.25) is 0 Å². The van der Waals surface area contributed by atoms with Gasteiger partial charge < -0.3 is 31.3 Å². The maximum absolute atomic E-state index is 11.9. The Morgan fingerprint density at radius 2 is 1.97 bits per heavy atom. The van der Waals surface area contributed by atoms with E-state index in [-0.39, 0.29) is 0 Å². The molecule has 4 atom stereocenters. The number of nitrogens with two attached hydrogens (primary N) is 1. The lowest BCUT2D eigenvalue weighted by Gasteiger charge is -2.16. The molecule has 1 amide bonds. The zero-order chi connectivity index (χ0) is 20.5. The average molecular weight is 399 g/mol. The highest BCUT2D eigenvalue weighted by Crippen LogP contribution is 2.32. The number of rotatable bonds is 5. The fraction of sp³-hybridized carbons (Fsp3) is 0.333. The van der Waals surface area contributed by atoms with Crippen molar-refractivity contribution in [1.82, 2.24) is 24.8 Å². The molecule has 0 saturated carbocycles. The normalized spacial score (nSPS) is 24.0. The highest BCUT2D eigenvalue weighted by Gasteiger charge is 2.47. The second-order valence-corrected chi connectivity index (χ2v) is 6.68. The van der Waals surface area contributed by atoms with Gasteiger partial charge in [0, 0.05) is 19.3 Å². The lowest BCUT2D eigenvalue weighted by molar-refractivity contribution is -0.137. The molecule has 152 valence electrons. The number of aliphatic hydroxyl groups is 2. The van der Waals surface area contributed by atoms with Crippen LogP contribution in [0.5, 0.6) is 0 Å². The Labute approximate surface area is 165 Å². The van der Waals surface area contributed by atoms with Gasteiger partial charge in [0.05, 0.1) is 6.33 Å². The summed E-state index contributed by atoms with van der Waals surface area (Å²) in [6.07, 6.45) is -2.11. The predicted molar refractivity (Wildman–Crippen MR) is 103 cm³/mol. The summed E-state index contributed by atoms with van der Waals surface area (Å²) in [4.78, 5) is 24.6. The quantitative estimate of drug-likeness (QED) is 0.352. The van der Waals surface area contributed by atoms with Crippen molar-refractivity contribution in [3.05, 3.63) is 42.5 Å². The van der Waals surface area contributed by atoms with E-state index in [1.165, 1.54) is 24.3 Å². The van der Waals surface area contributed by atoms with Crippen LogP contribution in [0.3, 0.4) is 0 Å². The number of nitrogen functional groups attached to an aromatic ring is 1. The number of hydrogen-bond donors (Lipinski definition) is 5. The number of amides is 1. The van der Waals surface area contributed by atoms with Crippen molar-refractivity contribution in [3.63, 3.8) is 0 Å². The van der Waals surface area contributed by atoms with Gasteiger partial charge in [0.2, 0.25) is 0 Å². The molecule has 1 aliphatic heterocycles. The molecule has 2 aromatic heterocycles.